The lowest BCUT2D eigenvalue weighted by Crippen LogP contribution is -2.09. The number of hydrogen-bond donors (Lipinski definition) is 3. The number of anilines is 3. The van der Waals surface area contributed by atoms with E-state index in [1.807, 2.05) is 6.07 Å². The highest BCUT2D eigenvalue weighted by molar-refractivity contribution is 5.48. The predicted octanol–water partition coefficient (Wildman–Crippen LogP) is 2.25. The van der Waals surface area contributed by atoms with Crippen molar-refractivity contribution in [2.45, 2.75) is 19.3 Å². The van der Waals surface area contributed by atoms with Gasteiger partial charge in [-0.15, -0.1) is 0 Å². The SMILES string of the molecule is CC(CCNc1cc(N)nc(N)n1)c1ccccc1. The van der Waals surface area contributed by atoms with Gasteiger partial charge >= 0.3 is 0 Å². The first kappa shape index (κ1) is 13.1. The van der Waals surface area contributed by atoms with Crippen LogP contribution >= 0.6 is 0 Å². The third-order valence-corrected chi connectivity index (χ3v) is 3.02. The first-order valence-corrected chi connectivity index (χ1v) is 6.34. The van der Waals surface area contributed by atoms with Gasteiger partial charge in [-0.25, -0.2) is 0 Å². The van der Waals surface area contributed by atoms with Crippen molar-refractivity contribution in [3.05, 3.63) is 42.0 Å². The summed E-state index contributed by atoms with van der Waals surface area (Å²) >= 11 is 0. The second-order valence-electron chi connectivity index (χ2n) is 4.56. The van der Waals surface area contributed by atoms with Gasteiger partial charge in [0.15, 0.2) is 0 Å². The zero-order valence-corrected chi connectivity index (χ0v) is 11.0. The summed E-state index contributed by atoms with van der Waals surface area (Å²) < 4.78 is 0. The summed E-state index contributed by atoms with van der Waals surface area (Å²) in [6.45, 7) is 3.02. The number of hydrogen-bond acceptors (Lipinski definition) is 5. The van der Waals surface area contributed by atoms with E-state index in [4.69, 9.17) is 11.5 Å². The Hall–Kier alpha value is -2.30. The molecule has 1 atom stereocenters. The van der Waals surface area contributed by atoms with Crippen molar-refractivity contribution in [1.82, 2.24) is 9.97 Å². The minimum atomic E-state index is 0.193. The van der Waals surface area contributed by atoms with Gasteiger partial charge in [0.1, 0.15) is 11.6 Å². The lowest BCUT2D eigenvalue weighted by Gasteiger charge is -2.13. The standard InChI is InChI=1S/C14H19N5/c1-10(11-5-3-2-4-6-11)7-8-17-13-9-12(15)18-14(16)19-13/h2-6,9-10H,7-8H2,1H3,(H5,15,16,17,18,19). The summed E-state index contributed by atoms with van der Waals surface area (Å²) in [5.41, 5.74) is 12.5. The molecule has 0 spiro atoms. The molecule has 0 saturated carbocycles. The molecule has 0 amide bonds. The van der Waals surface area contributed by atoms with Gasteiger partial charge in [-0.1, -0.05) is 37.3 Å². The molecule has 0 aliphatic heterocycles. The smallest absolute Gasteiger partial charge is 0.223 e. The summed E-state index contributed by atoms with van der Waals surface area (Å²) in [6, 6.07) is 12.1. The second-order valence-corrected chi connectivity index (χ2v) is 4.56. The number of nitrogens with two attached hydrogens (primary N) is 2. The minimum absolute atomic E-state index is 0.193. The van der Waals surface area contributed by atoms with Crippen LogP contribution in [0.4, 0.5) is 17.6 Å². The van der Waals surface area contributed by atoms with Crippen LogP contribution in [0.15, 0.2) is 36.4 Å². The molecule has 0 fully saturated rings. The van der Waals surface area contributed by atoms with Crippen molar-refractivity contribution >= 4 is 17.6 Å². The van der Waals surface area contributed by atoms with E-state index in [9.17, 15) is 0 Å². The van der Waals surface area contributed by atoms with Gasteiger partial charge in [0.25, 0.3) is 0 Å². The largest absolute Gasteiger partial charge is 0.383 e. The van der Waals surface area contributed by atoms with Gasteiger partial charge < -0.3 is 16.8 Å². The number of nitrogen functional groups attached to an aromatic ring is 2. The van der Waals surface area contributed by atoms with Crippen molar-refractivity contribution in [3.8, 4) is 0 Å². The van der Waals surface area contributed by atoms with Crippen LogP contribution in [-0.2, 0) is 0 Å². The summed E-state index contributed by atoms with van der Waals surface area (Å²) in [7, 11) is 0. The normalized spacial score (nSPS) is 12.1. The highest BCUT2D eigenvalue weighted by Crippen LogP contribution is 2.18. The first-order valence-electron chi connectivity index (χ1n) is 6.34. The Kier molecular flexibility index (Phi) is 4.18. The molecule has 0 aliphatic carbocycles. The summed E-state index contributed by atoms with van der Waals surface area (Å²) in [5, 5.41) is 3.22. The van der Waals surface area contributed by atoms with Gasteiger partial charge in [-0.3, -0.25) is 0 Å². The fourth-order valence-corrected chi connectivity index (χ4v) is 1.94. The van der Waals surface area contributed by atoms with E-state index in [0.29, 0.717) is 17.6 Å². The molecule has 1 aromatic heterocycles. The highest BCUT2D eigenvalue weighted by atomic mass is 15.1. The number of aromatic nitrogens is 2. The molecule has 0 saturated heterocycles. The Morgan fingerprint density at radius 2 is 1.89 bits per heavy atom. The van der Waals surface area contributed by atoms with E-state index in [1.165, 1.54) is 5.56 Å². The van der Waals surface area contributed by atoms with Crippen molar-refractivity contribution in [2.24, 2.45) is 0 Å². The second kappa shape index (κ2) is 6.04. The monoisotopic (exact) mass is 257 g/mol. The van der Waals surface area contributed by atoms with Crippen molar-refractivity contribution in [2.75, 3.05) is 23.3 Å². The van der Waals surface area contributed by atoms with Gasteiger partial charge in [0.2, 0.25) is 5.95 Å². The predicted molar refractivity (Wildman–Crippen MR) is 78.8 cm³/mol. The van der Waals surface area contributed by atoms with Crippen LogP contribution in [-0.4, -0.2) is 16.5 Å². The molecule has 0 radical (unpaired) electrons. The third kappa shape index (κ3) is 3.84. The molecule has 0 aliphatic rings. The van der Waals surface area contributed by atoms with Crippen LogP contribution in [0.5, 0.6) is 0 Å². The molecule has 1 heterocycles. The van der Waals surface area contributed by atoms with Gasteiger partial charge in [-0.2, -0.15) is 9.97 Å². The number of nitrogens with one attached hydrogen (secondary N) is 1. The number of rotatable bonds is 5. The van der Waals surface area contributed by atoms with E-state index in [-0.39, 0.29) is 5.95 Å². The van der Waals surface area contributed by atoms with Crippen molar-refractivity contribution in [1.29, 1.82) is 0 Å². The van der Waals surface area contributed by atoms with Gasteiger partial charge in [-0.05, 0) is 17.9 Å². The third-order valence-electron chi connectivity index (χ3n) is 3.02. The van der Waals surface area contributed by atoms with Gasteiger partial charge in [0.05, 0.1) is 0 Å². The molecular formula is C14H19N5. The number of nitrogens with zero attached hydrogens (tertiary/aromatic N) is 2. The molecule has 5 nitrogen and oxygen atoms in total. The fraction of sp³-hybridized carbons (Fsp3) is 0.286. The van der Waals surface area contributed by atoms with E-state index >= 15 is 0 Å². The molecule has 5 N–H and O–H groups in total. The van der Waals surface area contributed by atoms with E-state index in [1.54, 1.807) is 6.07 Å². The molecule has 100 valence electrons. The molecule has 5 heteroatoms. The Morgan fingerprint density at radius 3 is 2.58 bits per heavy atom. The molecule has 19 heavy (non-hydrogen) atoms. The Labute approximate surface area is 113 Å². The minimum Gasteiger partial charge on any atom is -0.383 e. The molecule has 1 unspecified atom stereocenters. The van der Waals surface area contributed by atoms with Crippen LogP contribution in [0.25, 0.3) is 0 Å². The van der Waals surface area contributed by atoms with Crippen LogP contribution in [0.1, 0.15) is 24.8 Å². The lowest BCUT2D eigenvalue weighted by atomic mass is 9.98. The topological polar surface area (TPSA) is 89.8 Å². The van der Waals surface area contributed by atoms with E-state index < -0.39 is 0 Å². The quantitative estimate of drug-likeness (QED) is 0.764. The average Bonchev–Trinajstić information content (AvgIpc) is 2.38. The maximum Gasteiger partial charge on any atom is 0.223 e. The van der Waals surface area contributed by atoms with Crippen molar-refractivity contribution in [3.63, 3.8) is 0 Å². The lowest BCUT2D eigenvalue weighted by molar-refractivity contribution is 0.705. The fourth-order valence-electron chi connectivity index (χ4n) is 1.94. The van der Waals surface area contributed by atoms with Crippen LogP contribution in [0.2, 0.25) is 0 Å². The van der Waals surface area contributed by atoms with Crippen LogP contribution < -0.4 is 16.8 Å². The number of benzene rings is 1. The molecule has 2 rings (SSSR count). The van der Waals surface area contributed by atoms with E-state index in [2.05, 4.69) is 46.5 Å². The summed E-state index contributed by atoms with van der Waals surface area (Å²) in [6.07, 6.45) is 1.01. The molecular weight excluding hydrogens is 238 g/mol. The van der Waals surface area contributed by atoms with Crippen LogP contribution in [0.3, 0.4) is 0 Å². The highest BCUT2D eigenvalue weighted by Gasteiger charge is 2.05. The van der Waals surface area contributed by atoms with Crippen LogP contribution in [0, 0.1) is 0 Å². The first-order chi connectivity index (χ1) is 9.15. The zero-order chi connectivity index (χ0) is 13.7. The Balaban J connectivity index is 1.86. The molecule has 0 bridgehead atoms. The van der Waals surface area contributed by atoms with Gasteiger partial charge in [0, 0.05) is 12.6 Å². The average molecular weight is 257 g/mol. The summed E-state index contributed by atoms with van der Waals surface area (Å²) in [4.78, 5) is 7.91. The molecule has 2 aromatic rings. The maximum atomic E-state index is 5.61. The molecule has 1 aromatic carbocycles. The zero-order valence-electron chi connectivity index (χ0n) is 11.0. The summed E-state index contributed by atoms with van der Waals surface area (Å²) in [5.74, 6) is 1.74. The van der Waals surface area contributed by atoms with E-state index in [0.717, 1.165) is 13.0 Å². The Bertz CT molecular complexity index is 506. The maximum absolute atomic E-state index is 5.61. The Morgan fingerprint density at radius 1 is 1.16 bits per heavy atom. The van der Waals surface area contributed by atoms with Crippen molar-refractivity contribution < 1.29 is 0 Å².